The van der Waals surface area contributed by atoms with Crippen molar-refractivity contribution in [1.29, 1.82) is 0 Å². The van der Waals surface area contributed by atoms with Gasteiger partial charge in [0.25, 0.3) is 5.91 Å². The molecule has 2 saturated carbocycles. The van der Waals surface area contributed by atoms with E-state index in [-0.39, 0.29) is 0 Å². The molecule has 2 N–H and O–H groups in total. The Morgan fingerprint density at radius 1 is 1.25 bits per heavy atom. The van der Waals surface area contributed by atoms with Gasteiger partial charge in [0.15, 0.2) is 6.10 Å². The maximum absolute atomic E-state index is 11.5. The number of esters is 1. The summed E-state index contributed by atoms with van der Waals surface area (Å²) in [4.78, 5) is 22.3. The first-order valence-electron chi connectivity index (χ1n) is 5.79. The van der Waals surface area contributed by atoms with E-state index in [1.165, 1.54) is 38.2 Å². The van der Waals surface area contributed by atoms with E-state index in [9.17, 15) is 9.59 Å². The van der Waals surface area contributed by atoms with Gasteiger partial charge in [0, 0.05) is 6.08 Å². The highest BCUT2D eigenvalue weighted by Gasteiger charge is 2.36. The van der Waals surface area contributed by atoms with Gasteiger partial charge in [-0.05, 0) is 44.4 Å². The fourth-order valence-electron chi connectivity index (χ4n) is 1.80. The normalized spacial score (nSPS) is 21.1. The molecule has 0 aliphatic heterocycles. The summed E-state index contributed by atoms with van der Waals surface area (Å²) in [6.07, 6.45) is 5.46. The van der Waals surface area contributed by atoms with Gasteiger partial charge in [-0.15, -0.1) is 0 Å². The quantitative estimate of drug-likeness (QED) is 0.561. The Morgan fingerprint density at radius 3 is 2.12 bits per heavy atom. The summed E-state index contributed by atoms with van der Waals surface area (Å²) in [7, 11) is 0. The average molecular weight is 223 g/mol. The molecule has 0 heterocycles. The first-order valence-corrected chi connectivity index (χ1v) is 5.79. The van der Waals surface area contributed by atoms with Crippen molar-refractivity contribution in [3.05, 3.63) is 11.6 Å². The first-order chi connectivity index (χ1) is 7.58. The lowest BCUT2D eigenvalue weighted by molar-refractivity contribution is -0.149. The van der Waals surface area contributed by atoms with Crippen LogP contribution in [0.3, 0.4) is 0 Å². The van der Waals surface area contributed by atoms with Crippen LogP contribution in [0.25, 0.3) is 0 Å². The van der Waals surface area contributed by atoms with Crippen LogP contribution in [0.15, 0.2) is 11.6 Å². The summed E-state index contributed by atoms with van der Waals surface area (Å²) < 4.78 is 4.91. The minimum Gasteiger partial charge on any atom is -0.449 e. The molecule has 2 aliphatic carbocycles. The molecule has 2 aliphatic rings. The number of carbonyl (C=O) groups is 2. The van der Waals surface area contributed by atoms with Crippen LogP contribution in [0.4, 0.5) is 0 Å². The van der Waals surface area contributed by atoms with Crippen LogP contribution < -0.4 is 5.73 Å². The molecule has 1 unspecified atom stereocenters. The van der Waals surface area contributed by atoms with Crippen molar-refractivity contribution in [2.75, 3.05) is 0 Å². The first kappa shape index (κ1) is 11.2. The molecule has 16 heavy (non-hydrogen) atoms. The van der Waals surface area contributed by atoms with Crippen molar-refractivity contribution in [2.24, 2.45) is 17.6 Å². The molecule has 0 radical (unpaired) electrons. The van der Waals surface area contributed by atoms with Crippen molar-refractivity contribution in [3.8, 4) is 0 Å². The Morgan fingerprint density at radius 2 is 1.75 bits per heavy atom. The Bertz CT molecular complexity index is 326. The van der Waals surface area contributed by atoms with Crippen LogP contribution in [-0.2, 0) is 14.3 Å². The lowest BCUT2D eigenvalue weighted by Crippen LogP contribution is -2.30. The molecule has 1 amide bonds. The second-order valence-corrected chi connectivity index (χ2v) is 4.67. The number of primary amides is 1. The highest BCUT2D eigenvalue weighted by atomic mass is 16.5. The van der Waals surface area contributed by atoms with Crippen LogP contribution in [0, 0.1) is 11.8 Å². The van der Waals surface area contributed by atoms with Gasteiger partial charge < -0.3 is 10.5 Å². The van der Waals surface area contributed by atoms with Crippen LogP contribution >= 0.6 is 0 Å². The van der Waals surface area contributed by atoms with Crippen LogP contribution in [-0.4, -0.2) is 18.0 Å². The molecule has 0 aromatic rings. The number of rotatable bonds is 5. The van der Waals surface area contributed by atoms with E-state index in [0.717, 1.165) is 0 Å². The fourth-order valence-corrected chi connectivity index (χ4v) is 1.80. The van der Waals surface area contributed by atoms with Crippen molar-refractivity contribution in [2.45, 2.75) is 38.7 Å². The molecule has 0 aromatic heterocycles. The molecular weight excluding hydrogens is 206 g/mol. The average Bonchev–Trinajstić information content (AvgIpc) is 3.05. The number of carbonyl (C=O) groups excluding carboxylic acids is 2. The second-order valence-electron chi connectivity index (χ2n) is 4.67. The third-order valence-electron chi connectivity index (χ3n) is 3.08. The predicted octanol–water partition coefficient (Wildman–Crippen LogP) is 1.15. The Balaban J connectivity index is 1.93. The highest BCUT2D eigenvalue weighted by molar-refractivity contribution is 5.87. The van der Waals surface area contributed by atoms with Gasteiger partial charge in [-0.25, -0.2) is 4.79 Å². The smallest absolute Gasteiger partial charge is 0.331 e. The summed E-state index contributed by atoms with van der Waals surface area (Å²) in [5.41, 5.74) is 6.25. The predicted molar refractivity (Wildman–Crippen MR) is 58.3 cm³/mol. The summed E-state index contributed by atoms with van der Waals surface area (Å²) in [6, 6.07) is 0. The SMILES string of the molecule is CC(OC(=O)C=C(C1CC1)C1CC1)C(N)=O. The van der Waals surface area contributed by atoms with E-state index in [1.807, 2.05) is 0 Å². The monoisotopic (exact) mass is 223 g/mol. The number of hydrogen-bond acceptors (Lipinski definition) is 3. The molecule has 2 fully saturated rings. The van der Waals surface area contributed by atoms with Gasteiger partial charge in [-0.3, -0.25) is 4.79 Å². The molecule has 1 atom stereocenters. The highest BCUT2D eigenvalue weighted by Crippen LogP contribution is 2.48. The molecule has 88 valence electrons. The molecule has 0 spiro atoms. The Labute approximate surface area is 94.8 Å². The van der Waals surface area contributed by atoms with Gasteiger partial charge in [0.05, 0.1) is 0 Å². The summed E-state index contributed by atoms with van der Waals surface area (Å²) >= 11 is 0. The molecule has 4 heteroatoms. The number of nitrogens with two attached hydrogens (primary N) is 1. The molecular formula is C12H17NO3. The third kappa shape index (κ3) is 2.84. The van der Waals surface area contributed by atoms with E-state index in [4.69, 9.17) is 10.5 Å². The standard InChI is InChI=1S/C12H17NO3/c1-7(12(13)15)16-11(14)6-10(8-2-3-8)9-4-5-9/h6-9H,2-5H2,1H3,(H2,13,15). The van der Waals surface area contributed by atoms with Gasteiger partial charge in [0.1, 0.15) is 0 Å². The number of hydrogen-bond donors (Lipinski definition) is 1. The number of allylic oxidation sites excluding steroid dienone is 1. The van der Waals surface area contributed by atoms with Gasteiger partial charge in [0.2, 0.25) is 0 Å². The van der Waals surface area contributed by atoms with Crippen molar-refractivity contribution >= 4 is 11.9 Å². The molecule has 4 nitrogen and oxygen atoms in total. The zero-order valence-electron chi connectivity index (χ0n) is 9.44. The maximum Gasteiger partial charge on any atom is 0.331 e. The topological polar surface area (TPSA) is 69.4 Å². The summed E-state index contributed by atoms with van der Waals surface area (Å²) in [5, 5.41) is 0. The van der Waals surface area contributed by atoms with E-state index in [2.05, 4.69) is 0 Å². The molecule has 0 bridgehead atoms. The Kier molecular flexibility index (Phi) is 2.99. The van der Waals surface area contributed by atoms with E-state index in [0.29, 0.717) is 11.8 Å². The van der Waals surface area contributed by atoms with Crippen LogP contribution in [0.2, 0.25) is 0 Å². The Hall–Kier alpha value is -1.32. The number of ether oxygens (including phenoxy) is 1. The summed E-state index contributed by atoms with van der Waals surface area (Å²) in [6.45, 7) is 1.49. The van der Waals surface area contributed by atoms with Crippen LogP contribution in [0.1, 0.15) is 32.6 Å². The minimum absolute atomic E-state index is 0.430. The van der Waals surface area contributed by atoms with Gasteiger partial charge >= 0.3 is 5.97 Å². The zero-order valence-corrected chi connectivity index (χ0v) is 9.44. The van der Waals surface area contributed by atoms with E-state index < -0.39 is 18.0 Å². The molecule has 0 aromatic carbocycles. The third-order valence-corrected chi connectivity index (χ3v) is 3.08. The fraction of sp³-hybridized carbons (Fsp3) is 0.667. The molecule has 0 saturated heterocycles. The largest absolute Gasteiger partial charge is 0.449 e. The van der Waals surface area contributed by atoms with Crippen molar-refractivity contribution < 1.29 is 14.3 Å². The summed E-state index contributed by atoms with van der Waals surface area (Å²) in [5.74, 6) is 0.133. The van der Waals surface area contributed by atoms with Crippen molar-refractivity contribution in [3.63, 3.8) is 0 Å². The number of amides is 1. The zero-order chi connectivity index (χ0) is 11.7. The van der Waals surface area contributed by atoms with Crippen molar-refractivity contribution in [1.82, 2.24) is 0 Å². The maximum atomic E-state index is 11.5. The minimum atomic E-state index is -0.844. The second kappa shape index (κ2) is 4.28. The van der Waals surface area contributed by atoms with E-state index in [1.54, 1.807) is 6.08 Å². The lowest BCUT2D eigenvalue weighted by Gasteiger charge is -2.08. The van der Waals surface area contributed by atoms with Gasteiger partial charge in [-0.2, -0.15) is 0 Å². The molecule has 2 rings (SSSR count). The van der Waals surface area contributed by atoms with Crippen LogP contribution in [0.5, 0.6) is 0 Å². The van der Waals surface area contributed by atoms with Gasteiger partial charge in [-0.1, -0.05) is 5.57 Å². The van der Waals surface area contributed by atoms with E-state index >= 15 is 0 Å². The lowest BCUT2D eigenvalue weighted by atomic mass is 10.1.